The normalized spacial score (nSPS) is 13.9. The number of hydrogen-bond acceptors (Lipinski definition) is 6. The Kier molecular flexibility index (Phi) is 7.79. The van der Waals surface area contributed by atoms with Gasteiger partial charge in [-0.1, -0.05) is 54.6 Å². The molecule has 2 aromatic heterocycles. The predicted octanol–water partition coefficient (Wildman–Crippen LogP) is 5.77. The average molecular weight is 527 g/mol. The second-order valence-electron chi connectivity index (χ2n) is 9.54. The van der Waals surface area contributed by atoms with E-state index in [2.05, 4.69) is 23.1 Å². The van der Waals surface area contributed by atoms with Crippen molar-refractivity contribution in [3.63, 3.8) is 0 Å². The zero-order valence-corrected chi connectivity index (χ0v) is 22.1. The highest BCUT2D eigenvalue weighted by Gasteiger charge is 2.27. The van der Waals surface area contributed by atoms with E-state index >= 15 is 0 Å². The van der Waals surface area contributed by atoms with Gasteiger partial charge in [-0.05, 0) is 42.5 Å². The molecule has 0 radical (unpaired) electrons. The first-order valence-corrected chi connectivity index (χ1v) is 13.7. The first-order chi connectivity index (χ1) is 18.5. The van der Waals surface area contributed by atoms with Gasteiger partial charge in [0.15, 0.2) is 5.13 Å². The summed E-state index contributed by atoms with van der Waals surface area (Å²) < 4.78 is 0. The lowest BCUT2D eigenvalue weighted by molar-refractivity contribution is -0.140. The summed E-state index contributed by atoms with van der Waals surface area (Å²) >= 11 is 1.37. The lowest BCUT2D eigenvalue weighted by Gasteiger charge is -2.21. The second-order valence-corrected chi connectivity index (χ2v) is 10.4. The molecule has 7 nitrogen and oxygen atoms in total. The molecule has 38 heavy (non-hydrogen) atoms. The minimum absolute atomic E-state index is 0.237. The molecule has 0 spiro atoms. The first kappa shape index (κ1) is 25.6. The Labute approximate surface area is 226 Å². The molecule has 8 heteroatoms. The van der Waals surface area contributed by atoms with E-state index in [-0.39, 0.29) is 12.3 Å². The predicted molar refractivity (Wildman–Crippen MR) is 152 cm³/mol. The number of pyridine rings is 1. The third kappa shape index (κ3) is 5.75. The number of anilines is 2. The fraction of sp³-hybridized carbons (Fsp3) is 0.267. The molecule has 0 aliphatic carbocycles. The summed E-state index contributed by atoms with van der Waals surface area (Å²) in [5, 5.41) is 11.9. The zero-order valence-electron chi connectivity index (χ0n) is 21.3. The molecule has 1 unspecified atom stereocenters. The third-order valence-electron chi connectivity index (χ3n) is 6.90. The molecule has 194 valence electrons. The molecular weight excluding hydrogens is 496 g/mol. The Morgan fingerprint density at radius 2 is 1.71 bits per heavy atom. The highest BCUT2D eigenvalue weighted by Crippen LogP contribution is 2.35. The first-order valence-electron chi connectivity index (χ1n) is 12.8. The molecule has 1 aliphatic heterocycles. The van der Waals surface area contributed by atoms with Crippen molar-refractivity contribution in [2.45, 2.75) is 25.7 Å². The maximum Gasteiger partial charge on any atom is 0.304 e. The summed E-state index contributed by atoms with van der Waals surface area (Å²) in [4.78, 5) is 38.2. The van der Waals surface area contributed by atoms with Gasteiger partial charge in [0.05, 0.1) is 18.0 Å². The van der Waals surface area contributed by atoms with Gasteiger partial charge >= 0.3 is 5.97 Å². The number of carbonyl (C=O) groups excluding carboxylic acids is 1. The molecule has 3 heterocycles. The van der Waals surface area contributed by atoms with Crippen molar-refractivity contribution in [3.8, 4) is 22.4 Å². The Balaban J connectivity index is 1.37. The van der Waals surface area contributed by atoms with E-state index in [9.17, 15) is 14.7 Å². The van der Waals surface area contributed by atoms with Gasteiger partial charge in [-0.3, -0.25) is 14.5 Å². The van der Waals surface area contributed by atoms with Gasteiger partial charge < -0.3 is 10.0 Å². The van der Waals surface area contributed by atoms with Crippen LogP contribution < -0.4 is 9.80 Å². The van der Waals surface area contributed by atoms with Gasteiger partial charge in [0, 0.05) is 42.8 Å². The van der Waals surface area contributed by atoms with E-state index in [0.717, 1.165) is 46.9 Å². The van der Waals surface area contributed by atoms with Crippen LogP contribution in [-0.2, 0) is 16.0 Å². The van der Waals surface area contributed by atoms with Crippen LogP contribution in [0.5, 0.6) is 0 Å². The van der Waals surface area contributed by atoms with Gasteiger partial charge in [0.1, 0.15) is 5.82 Å². The topological polar surface area (TPSA) is 86.6 Å². The maximum absolute atomic E-state index is 13.4. The standard InChI is InChI=1S/C30H30N4O3S/c1-33(29(37)23(18-28(35)36)17-21-9-3-2-4-10-21)30-32-26(20-38-30)25-12-6-5-11-24(25)22-13-14-27(31-19-22)34-15-7-8-16-34/h2-6,9-14,19-20,23H,7-8,15-18H2,1H3,(H,35,36). The number of thiazole rings is 1. The van der Waals surface area contributed by atoms with E-state index in [0.29, 0.717) is 11.6 Å². The van der Waals surface area contributed by atoms with Crippen LogP contribution in [0.3, 0.4) is 0 Å². The van der Waals surface area contributed by atoms with Crippen LogP contribution in [0.1, 0.15) is 24.8 Å². The minimum atomic E-state index is -0.995. The van der Waals surface area contributed by atoms with Crippen molar-refractivity contribution >= 4 is 34.2 Å². The SMILES string of the molecule is CN(C(=O)C(CC(=O)O)Cc1ccccc1)c1nc(-c2ccccc2-c2ccc(N3CCCC3)nc2)cs1. The fourth-order valence-electron chi connectivity index (χ4n) is 4.90. The highest BCUT2D eigenvalue weighted by atomic mass is 32.1. The molecular formula is C30H30N4O3S. The second kappa shape index (κ2) is 11.6. The summed E-state index contributed by atoms with van der Waals surface area (Å²) in [6.45, 7) is 2.10. The molecule has 1 N–H and O–H groups in total. The van der Waals surface area contributed by atoms with Gasteiger partial charge in [0.2, 0.25) is 5.91 Å². The van der Waals surface area contributed by atoms with Crippen molar-refractivity contribution in [2.24, 2.45) is 5.92 Å². The number of hydrogen-bond donors (Lipinski definition) is 1. The Hall–Kier alpha value is -4.04. The van der Waals surface area contributed by atoms with Crippen molar-refractivity contribution in [1.82, 2.24) is 9.97 Å². The number of aromatic nitrogens is 2. The minimum Gasteiger partial charge on any atom is -0.481 e. The summed E-state index contributed by atoms with van der Waals surface area (Å²) in [6.07, 6.45) is 4.45. The van der Waals surface area contributed by atoms with Gasteiger partial charge in [-0.2, -0.15) is 0 Å². The van der Waals surface area contributed by atoms with Crippen LogP contribution in [0.15, 0.2) is 78.3 Å². The Morgan fingerprint density at radius 3 is 2.39 bits per heavy atom. The quantitative estimate of drug-likeness (QED) is 0.298. The van der Waals surface area contributed by atoms with Crippen LogP contribution in [0.2, 0.25) is 0 Å². The van der Waals surface area contributed by atoms with E-state index < -0.39 is 11.9 Å². The molecule has 4 aromatic rings. The monoisotopic (exact) mass is 526 g/mol. The van der Waals surface area contributed by atoms with E-state index in [1.54, 1.807) is 7.05 Å². The molecule has 1 fully saturated rings. The lowest BCUT2D eigenvalue weighted by Crippen LogP contribution is -2.35. The molecule has 0 bridgehead atoms. The number of carbonyl (C=O) groups is 2. The molecule has 1 atom stereocenters. The summed E-state index contributed by atoms with van der Waals surface area (Å²) in [6, 6.07) is 21.7. The smallest absolute Gasteiger partial charge is 0.304 e. The largest absolute Gasteiger partial charge is 0.481 e. The molecule has 5 rings (SSSR count). The van der Waals surface area contributed by atoms with Crippen molar-refractivity contribution in [1.29, 1.82) is 0 Å². The molecule has 2 aromatic carbocycles. The number of carboxylic acids is 1. The molecule has 1 aliphatic rings. The van der Waals surface area contributed by atoms with Crippen LogP contribution >= 0.6 is 11.3 Å². The van der Waals surface area contributed by atoms with Crippen LogP contribution in [0.4, 0.5) is 10.9 Å². The number of amides is 1. The van der Waals surface area contributed by atoms with E-state index in [1.807, 2.05) is 60.1 Å². The summed E-state index contributed by atoms with van der Waals surface area (Å²) in [7, 11) is 1.66. The van der Waals surface area contributed by atoms with E-state index in [1.165, 1.54) is 29.1 Å². The maximum atomic E-state index is 13.4. The van der Waals surface area contributed by atoms with Gasteiger partial charge in [0.25, 0.3) is 0 Å². The number of benzene rings is 2. The summed E-state index contributed by atoms with van der Waals surface area (Å²) in [5.41, 5.74) is 4.68. The fourth-order valence-corrected chi connectivity index (χ4v) is 5.70. The number of nitrogens with zero attached hydrogens (tertiary/aromatic N) is 4. The Bertz CT molecular complexity index is 1400. The molecule has 1 saturated heterocycles. The van der Waals surface area contributed by atoms with Crippen molar-refractivity contribution < 1.29 is 14.7 Å². The lowest BCUT2D eigenvalue weighted by atomic mass is 9.95. The summed E-state index contributed by atoms with van der Waals surface area (Å²) in [5.74, 6) is -0.927. The van der Waals surface area contributed by atoms with Crippen LogP contribution in [-0.4, -0.2) is 47.1 Å². The van der Waals surface area contributed by atoms with Gasteiger partial charge in [-0.25, -0.2) is 9.97 Å². The van der Waals surface area contributed by atoms with Crippen molar-refractivity contribution in [3.05, 3.63) is 83.9 Å². The van der Waals surface area contributed by atoms with Gasteiger partial charge in [-0.15, -0.1) is 11.3 Å². The van der Waals surface area contributed by atoms with Crippen LogP contribution in [0.25, 0.3) is 22.4 Å². The Morgan fingerprint density at radius 1 is 1.00 bits per heavy atom. The molecule has 1 amide bonds. The molecule has 0 saturated carbocycles. The zero-order chi connectivity index (χ0) is 26.5. The number of aliphatic carboxylic acids is 1. The average Bonchev–Trinajstić information content (AvgIpc) is 3.66. The number of carboxylic acid groups (broad SMARTS) is 1. The van der Waals surface area contributed by atoms with Crippen LogP contribution in [0, 0.1) is 5.92 Å². The third-order valence-corrected chi connectivity index (χ3v) is 7.81. The highest BCUT2D eigenvalue weighted by molar-refractivity contribution is 7.14. The van der Waals surface area contributed by atoms with E-state index in [4.69, 9.17) is 9.97 Å². The number of rotatable bonds is 9. The van der Waals surface area contributed by atoms with Crippen molar-refractivity contribution in [2.75, 3.05) is 29.9 Å².